The maximum absolute atomic E-state index is 10.7. The Kier molecular flexibility index (Phi) is 4.06. The average molecular weight is 263 g/mol. The van der Waals surface area contributed by atoms with Crippen molar-refractivity contribution in [3.8, 4) is 5.75 Å². The van der Waals surface area contributed by atoms with Crippen molar-refractivity contribution in [2.45, 2.75) is 26.5 Å². The van der Waals surface area contributed by atoms with Gasteiger partial charge in [0.05, 0.1) is 19.6 Å². The third-order valence-electron chi connectivity index (χ3n) is 2.98. The van der Waals surface area contributed by atoms with E-state index in [0.717, 1.165) is 16.7 Å². The van der Waals surface area contributed by atoms with Crippen LogP contribution in [0.3, 0.4) is 0 Å². The van der Waals surface area contributed by atoms with Crippen LogP contribution in [0.15, 0.2) is 24.3 Å². The number of aliphatic carboxylic acids is 1. The van der Waals surface area contributed by atoms with Crippen LogP contribution in [0.25, 0.3) is 10.9 Å². The molecule has 0 bridgehead atoms. The minimum absolute atomic E-state index is 0.0317. The molecule has 102 valence electrons. The lowest BCUT2D eigenvalue weighted by Crippen LogP contribution is -2.07. The van der Waals surface area contributed by atoms with E-state index >= 15 is 0 Å². The molecule has 19 heavy (non-hydrogen) atoms. The number of carbonyl (C=O) groups is 1. The van der Waals surface area contributed by atoms with E-state index in [-0.39, 0.29) is 13.0 Å². The van der Waals surface area contributed by atoms with Gasteiger partial charge in [-0.05, 0) is 31.2 Å². The molecule has 5 heteroatoms. The molecule has 5 nitrogen and oxygen atoms in total. The van der Waals surface area contributed by atoms with Gasteiger partial charge in [-0.15, -0.1) is 0 Å². The highest BCUT2D eigenvalue weighted by molar-refractivity contribution is 5.83. The third kappa shape index (κ3) is 2.88. The number of hydrogen-bond acceptors (Lipinski definition) is 3. The number of hydrogen-bond donors (Lipinski definition) is 2. The molecule has 0 fully saturated rings. The summed E-state index contributed by atoms with van der Waals surface area (Å²) >= 11 is 0. The van der Waals surface area contributed by atoms with E-state index in [1.807, 2.05) is 35.8 Å². The van der Waals surface area contributed by atoms with Crippen molar-refractivity contribution < 1.29 is 19.7 Å². The number of nitrogens with zero attached hydrogens (tertiary/aromatic N) is 1. The van der Waals surface area contributed by atoms with Gasteiger partial charge in [0, 0.05) is 23.1 Å². The minimum atomic E-state index is -0.850. The number of ether oxygens (including phenoxy) is 1. The van der Waals surface area contributed by atoms with Crippen LogP contribution in [0.4, 0.5) is 0 Å². The maximum atomic E-state index is 10.7. The Labute approximate surface area is 111 Å². The Balaban J connectivity index is 2.40. The molecule has 0 aliphatic carbocycles. The van der Waals surface area contributed by atoms with Gasteiger partial charge in [-0.1, -0.05) is 0 Å². The van der Waals surface area contributed by atoms with Crippen molar-refractivity contribution in [1.29, 1.82) is 0 Å². The number of benzene rings is 1. The maximum Gasteiger partial charge on any atom is 0.305 e. The Morgan fingerprint density at radius 1 is 1.37 bits per heavy atom. The van der Waals surface area contributed by atoms with E-state index in [9.17, 15) is 9.90 Å². The summed E-state index contributed by atoms with van der Waals surface area (Å²) in [6.45, 7) is 2.75. The SMILES string of the molecule is CCOc1ccc2c(c1)cc(CO)n2CCC(=O)O. The van der Waals surface area contributed by atoms with Crippen molar-refractivity contribution in [2.75, 3.05) is 6.61 Å². The van der Waals surface area contributed by atoms with E-state index in [1.165, 1.54) is 0 Å². The molecule has 0 atom stereocenters. The van der Waals surface area contributed by atoms with E-state index in [4.69, 9.17) is 9.84 Å². The summed E-state index contributed by atoms with van der Waals surface area (Å²) < 4.78 is 7.26. The lowest BCUT2D eigenvalue weighted by Gasteiger charge is -2.08. The fourth-order valence-electron chi connectivity index (χ4n) is 2.17. The molecule has 1 aromatic heterocycles. The zero-order valence-electron chi connectivity index (χ0n) is 10.8. The number of aromatic nitrogens is 1. The van der Waals surface area contributed by atoms with Crippen molar-refractivity contribution in [3.05, 3.63) is 30.0 Å². The molecule has 0 spiro atoms. The molecule has 0 unspecified atom stereocenters. The van der Waals surface area contributed by atoms with Gasteiger partial charge in [0.25, 0.3) is 0 Å². The van der Waals surface area contributed by atoms with Crippen LogP contribution in [0.2, 0.25) is 0 Å². The molecule has 0 amide bonds. The predicted molar refractivity (Wildman–Crippen MR) is 71.3 cm³/mol. The van der Waals surface area contributed by atoms with Gasteiger partial charge in [-0.25, -0.2) is 0 Å². The normalized spacial score (nSPS) is 10.8. The highest BCUT2D eigenvalue weighted by Crippen LogP contribution is 2.25. The zero-order chi connectivity index (χ0) is 13.8. The predicted octanol–water partition coefficient (Wildman–Crippen LogP) is 2.01. The molecule has 0 radical (unpaired) electrons. The van der Waals surface area contributed by atoms with Gasteiger partial charge in [0.2, 0.25) is 0 Å². The van der Waals surface area contributed by atoms with Crippen LogP contribution in [0.1, 0.15) is 19.0 Å². The van der Waals surface area contributed by atoms with Crippen molar-refractivity contribution >= 4 is 16.9 Å². The van der Waals surface area contributed by atoms with Crippen molar-refractivity contribution in [3.63, 3.8) is 0 Å². The summed E-state index contributed by atoms with van der Waals surface area (Å²) in [6.07, 6.45) is 0.0317. The summed E-state index contributed by atoms with van der Waals surface area (Å²) in [5, 5.41) is 19.1. The molecular weight excluding hydrogens is 246 g/mol. The standard InChI is InChI=1S/C14H17NO4/c1-2-19-12-3-4-13-10(8-12)7-11(9-16)15(13)6-5-14(17)18/h3-4,7-8,16H,2,5-6,9H2,1H3,(H,17,18). The highest BCUT2D eigenvalue weighted by Gasteiger charge is 2.10. The molecule has 0 saturated heterocycles. The topological polar surface area (TPSA) is 71.7 Å². The van der Waals surface area contributed by atoms with E-state index in [1.54, 1.807) is 0 Å². The first-order valence-corrected chi connectivity index (χ1v) is 6.23. The van der Waals surface area contributed by atoms with Gasteiger partial charge >= 0.3 is 5.97 Å². The van der Waals surface area contributed by atoms with Crippen molar-refractivity contribution in [1.82, 2.24) is 4.57 Å². The lowest BCUT2D eigenvalue weighted by atomic mass is 10.2. The van der Waals surface area contributed by atoms with Gasteiger partial charge in [-0.2, -0.15) is 0 Å². The van der Waals surface area contributed by atoms with Crippen LogP contribution >= 0.6 is 0 Å². The number of carboxylic acid groups (broad SMARTS) is 1. The molecule has 0 aliphatic rings. The van der Waals surface area contributed by atoms with Gasteiger partial charge in [0.15, 0.2) is 0 Å². The Bertz CT molecular complexity index is 588. The van der Waals surface area contributed by atoms with Crippen LogP contribution in [0.5, 0.6) is 5.75 Å². The molecule has 1 heterocycles. The molecule has 1 aromatic carbocycles. The van der Waals surface area contributed by atoms with Gasteiger partial charge < -0.3 is 19.5 Å². The fraction of sp³-hybridized carbons (Fsp3) is 0.357. The summed E-state index contributed by atoms with van der Waals surface area (Å²) in [5.41, 5.74) is 1.62. The smallest absolute Gasteiger partial charge is 0.305 e. The molecule has 2 aromatic rings. The number of aliphatic hydroxyl groups is 1. The second kappa shape index (κ2) is 5.75. The molecular formula is C14H17NO4. The number of carboxylic acids is 1. The first kappa shape index (κ1) is 13.4. The van der Waals surface area contributed by atoms with E-state index in [0.29, 0.717) is 18.8 Å². The summed E-state index contributed by atoms with van der Waals surface area (Å²) in [6, 6.07) is 7.50. The minimum Gasteiger partial charge on any atom is -0.494 e. The lowest BCUT2D eigenvalue weighted by molar-refractivity contribution is -0.137. The highest BCUT2D eigenvalue weighted by atomic mass is 16.5. The van der Waals surface area contributed by atoms with Gasteiger partial charge in [0.1, 0.15) is 5.75 Å². The number of aryl methyl sites for hydroxylation is 1. The molecule has 2 rings (SSSR count). The number of aliphatic hydroxyl groups excluding tert-OH is 1. The second-order valence-electron chi connectivity index (χ2n) is 4.24. The molecule has 0 saturated carbocycles. The fourth-order valence-corrected chi connectivity index (χ4v) is 2.17. The van der Waals surface area contributed by atoms with Crippen LogP contribution < -0.4 is 4.74 Å². The Morgan fingerprint density at radius 3 is 2.79 bits per heavy atom. The Morgan fingerprint density at radius 2 is 2.16 bits per heavy atom. The van der Waals surface area contributed by atoms with Gasteiger partial charge in [-0.3, -0.25) is 4.79 Å². The monoisotopic (exact) mass is 263 g/mol. The van der Waals surface area contributed by atoms with Crippen LogP contribution in [0, 0.1) is 0 Å². The Hall–Kier alpha value is -2.01. The first-order chi connectivity index (χ1) is 9.15. The zero-order valence-corrected chi connectivity index (χ0v) is 10.8. The van der Waals surface area contributed by atoms with Crippen LogP contribution in [-0.2, 0) is 17.9 Å². The van der Waals surface area contributed by atoms with E-state index in [2.05, 4.69) is 0 Å². The van der Waals surface area contributed by atoms with Crippen LogP contribution in [-0.4, -0.2) is 27.4 Å². The summed E-state index contributed by atoms with van der Waals surface area (Å²) in [4.78, 5) is 10.7. The quantitative estimate of drug-likeness (QED) is 0.836. The largest absolute Gasteiger partial charge is 0.494 e. The summed E-state index contributed by atoms with van der Waals surface area (Å²) in [7, 11) is 0. The molecule has 2 N–H and O–H groups in total. The average Bonchev–Trinajstić information content (AvgIpc) is 2.73. The third-order valence-corrected chi connectivity index (χ3v) is 2.98. The molecule has 0 aliphatic heterocycles. The van der Waals surface area contributed by atoms with E-state index < -0.39 is 5.97 Å². The number of rotatable bonds is 6. The second-order valence-corrected chi connectivity index (χ2v) is 4.24. The summed E-state index contributed by atoms with van der Waals surface area (Å²) in [5.74, 6) is -0.0773. The number of fused-ring (bicyclic) bond motifs is 1. The first-order valence-electron chi connectivity index (χ1n) is 6.23. The van der Waals surface area contributed by atoms with Crippen molar-refractivity contribution in [2.24, 2.45) is 0 Å².